The number of nitrogens with two attached hydrogens (primary N) is 1. The summed E-state index contributed by atoms with van der Waals surface area (Å²) in [6.45, 7) is 5.10. The number of likely N-dealkylation sites (N-methyl/N-ethyl adjacent to an activating group) is 1. The number of thiophene rings is 1. The molecule has 1 aromatic heterocycles. The molecule has 0 aliphatic rings. The van der Waals surface area contributed by atoms with Crippen molar-refractivity contribution >= 4 is 22.9 Å². The molecule has 0 saturated heterocycles. The number of hydrogen-bond donors (Lipinski definition) is 1. The van der Waals surface area contributed by atoms with Crippen LogP contribution in [0.5, 0.6) is 0 Å². The zero-order chi connectivity index (χ0) is 15.4. The Kier molecular flexibility index (Phi) is 5.82. The van der Waals surface area contributed by atoms with Gasteiger partial charge in [0.2, 0.25) is 0 Å². The summed E-state index contributed by atoms with van der Waals surface area (Å²) in [4.78, 5) is 3.67. The Morgan fingerprint density at radius 3 is 2.57 bits per heavy atom. The van der Waals surface area contributed by atoms with Gasteiger partial charge in [0.05, 0.1) is 6.04 Å². The minimum Gasteiger partial charge on any atom is -0.326 e. The van der Waals surface area contributed by atoms with Crippen LogP contribution < -0.4 is 5.73 Å². The van der Waals surface area contributed by atoms with E-state index in [2.05, 4.69) is 43.3 Å². The molecule has 0 radical (unpaired) electrons. The molecule has 1 heterocycles. The lowest BCUT2D eigenvalue weighted by molar-refractivity contribution is 0.204. The summed E-state index contributed by atoms with van der Waals surface area (Å²) < 4.78 is 0. The van der Waals surface area contributed by atoms with E-state index in [1.807, 2.05) is 18.2 Å². The predicted molar refractivity (Wildman–Crippen MR) is 93.0 cm³/mol. The minimum atomic E-state index is 0.120. The quantitative estimate of drug-likeness (QED) is 0.840. The van der Waals surface area contributed by atoms with Crippen molar-refractivity contribution in [2.24, 2.45) is 5.73 Å². The maximum absolute atomic E-state index is 6.40. The van der Waals surface area contributed by atoms with E-state index in [0.717, 1.165) is 23.6 Å². The molecule has 2 rings (SSSR count). The Balaban J connectivity index is 2.25. The second-order valence-electron chi connectivity index (χ2n) is 5.49. The van der Waals surface area contributed by atoms with E-state index < -0.39 is 0 Å². The molecule has 0 spiro atoms. The van der Waals surface area contributed by atoms with Crippen LogP contribution in [0.4, 0.5) is 0 Å². The summed E-state index contributed by atoms with van der Waals surface area (Å²) >= 11 is 8.08. The van der Waals surface area contributed by atoms with E-state index >= 15 is 0 Å². The Morgan fingerprint density at radius 2 is 2.00 bits per heavy atom. The minimum absolute atomic E-state index is 0.120. The molecule has 2 atom stereocenters. The Labute approximate surface area is 136 Å². The van der Waals surface area contributed by atoms with Crippen LogP contribution in [0.2, 0.25) is 5.02 Å². The molecule has 0 fully saturated rings. The van der Waals surface area contributed by atoms with Crippen molar-refractivity contribution in [3.05, 3.63) is 56.7 Å². The second kappa shape index (κ2) is 7.41. The predicted octanol–water partition coefficient (Wildman–Crippen LogP) is 4.62. The fourth-order valence-corrected chi connectivity index (χ4v) is 3.99. The standard InChI is InChI=1S/C17H23ClN2S/c1-4-15(19)16(17-12(2)9-10-21-17)20(3)11-13-7-5-6-8-14(13)18/h5-10,15-16H,4,11,19H2,1-3H3. The summed E-state index contributed by atoms with van der Waals surface area (Å²) in [5, 5.41) is 2.96. The lowest BCUT2D eigenvalue weighted by Gasteiger charge is -2.32. The number of nitrogens with zero attached hydrogens (tertiary/aromatic N) is 1. The number of rotatable bonds is 6. The molecule has 0 aliphatic carbocycles. The first kappa shape index (κ1) is 16.5. The van der Waals surface area contributed by atoms with E-state index in [1.54, 1.807) is 11.3 Å². The van der Waals surface area contributed by atoms with Gasteiger partial charge in [-0.2, -0.15) is 0 Å². The average molecular weight is 323 g/mol. The summed E-state index contributed by atoms with van der Waals surface area (Å²) in [5.74, 6) is 0. The Morgan fingerprint density at radius 1 is 1.29 bits per heavy atom. The van der Waals surface area contributed by atoms with Crippen LogP contribution in [0.3, 0.4) is 0 Å². The Bertz CT molecular complexity index is 582. The van der Waals surface area contributed by atoms with Crippen molar-refractivity contribution in [1.29, 1.82) is 0 Å². The number of hydrogen-bond acceptors (Lipinski definition) is 3. The molecule has 0 saturated carbocycles. The van der Waals surface area contributed by atoms with Gasteiger partial charge in [0.25, 0.3) is 0 Å². The van der Waals surface area contributed by atoms with Crippen molar-refractivity contribution in [2.75, 3.05) is 7.05 Å². The normalized spacial score (nSPS) is 14.4. The largest absolute Gasteiger partial charge is 0.326 e. The van der Waals surface area contributed by atoms with E-state index in [-0.39, 0.29) is 12.1 Å². The fourth-order valence-electron chi connectivity index (χ4n) is 2.63. The van der Waals surface area contributed by atoms with Gasteiger partial charge in [0.1, 0.15) is 0 Å². The molecule has 1 aromatic carbocycles. The first-order chi connectivity index (χ1) is 10.0. The van der Waals surface area contributed by atoms with Crippen LogP contribution in [0.15, 0.2) is 35.7 Å². The average Bonchev–Trinajstić information content (AvgIpc) is 2.87. The fraction of sp³-hybridized carbons (Fsp3) is 0.412. The van der Waals surface area contributed by atoms with Crippen molar-refractivity contribution in [3.8, 4) is 0 Å². The van der Waals surface area contributed by atoms with Gasteiger partial charge in [-0.15, -0.1) is 11.3 Å². The molecular weight excluding hydrogens is 300 g/mol. The van der Waals surface area contributed by atoms with E-state index in [9.17, 15) is 0 Å². The molecule has 2 nitrogen and oxygen atoms in total. The third-order valence-corrected chi connectivity index (χ3v) is 5.36. The van der Waals surface area contributed by atoms with Gasteiger partial charge in [-0.05, 0) is 49.0 Å². The topological polar surface area (TPSA) is 29.3 Å². The van der Waals surface area contributed by atoms with Gasteiger partial charge in [-0.3, -0.25) is 4.90 Å². The Hall–Kier alpha value is -0.870. The molecule has 4 heteroatoms. The molecule has 2 aromatic rings. The molecular formula is C17H23ClN2S. The SMILES string of the molecule is CCC(N)C(c1sccc1C)N(C)Cc1ccccc1Cl. The first-order valence-corrected chi connectivity index (χ1v) is 8.53. The molecule has 2 N–H and O–H groups in total. The van der Waals surface area contributed by atoms with Gasteiger partial charge in [0.15, 0.2) is 0 Å². The zero-order valence-electron chi connectivity index (χ0n) is 12.8. The zero-order valence-corrected chi connectivity index (χ0v) is 14.4. The molecule has 0 bridgehead atoms. The highest BCUT2D eigenvalue weighted by Crippen LogP contribution is 2.32. The van der Waals surface area contributed by atoms with E-state index in [0.29, 0.717) is 0 Å². The van der Waals surface area contributed by atoms with E-state index in [4.69, 9.17) is 17.3 Å². The van der Waals surface area contributed by atoms with Crippen LogP contribution in [-0.2, 0) is 6.54 Å². The highest BCUT2D eigenvalue weighted by atomic mass is 35.5. The lowest BCUT2D eigenvalue weighted by atomic mass is 10.0. The van der Waals surface area contributed by atoms with Gasteiger partial charge < -0.3 is 5.73 Å². The number of halogens is 1. The van der Waals surface area contributed by atoms with E-state index in [1.165, 1.54) is 10.4 Å². The van der Waals surface area contributed by atoms with Gasteiger partial charge in [0, 0.05) is 22.5 Å². The molecule has 2 unspecified atom stereocenters. The van der Waals surface area contributed by atoms with Crippen molar-refractivity contribution in [1.82, 2.24) is 4.90 Å². The lowest BCUT2D eigenvalue weighted by Crippen LogP contribution is -2.38. The summed E-state index contributed by atoms with van der Waals surface area (Å²) in [6, 6.07) is 10.5. The van der Waals surface area contributed by atoms with Gasteiger partial charge in [-0.25, -0.2) is 0 Å². The summed E-state index contributed by atoms with van der Waals surface area (Å²) in [5.41, 5.74) is 8.86. The van der Waals surface area contributed by atoms with Crippen molar-refractivity contribution in [2.45, 2.75) is 38.9 Å². The van der Waals surface area contributed by atoms with Crippen LogP contribution in [0, 0.1) is 6.92 Å². The summed E-state index contributed by atoms with van der Waals surface area (Å²) in [7, 11) is 2.13. The summed E-state index contributed by atoms with van der Waals surface area (Å²) in [6.07, 6.45) is 0.953. The second-order valence-corrected chi connectivity index (χ2v) is 6.85. The molecule has 0 aliphatic heterocycles. The molecule has 21 heavy (non-hydrogen) atoms. The number of benzene rings is 1. The first-order valence-electron chi connectivity index (χ1n) is 7.27. The van der Waals surface area contributed by atoms with Crippen LogP contribution in [-0.4, -0.2) is 18.0 Å². The monoisotopic (exact) mass is 322 g/mol. The van der Waals surface area contributed by atoms with Crippen LogP contribution in [0.1, 0.15) is 35.4 Å². The smallest absolute Gasteiger partial charge is 0.0596 e. The van der Waals surface area contributed by atoms with Gasteiger partial charge >= 0.3 is 0 Å². The highest BCUT2D eigenvalue weighted by Gasteiger charge is 2.26. The van der Waals surface area contributed by atoms with Crippen LogP contribution in [0.25, 0.3) is 0 Å². The molecule has 114 valence electrons. The third kappa shape index (κ3) is 3.86. The molecule has 0 amide bonds. The van der Waals surface area contributed by atoms with Crippen molar-refractivity contribution in [3.63, 3.8) is 0 Å². The van der Waals surface area contributed by atoms with Crippen LogP contribution >= 0.6 is 22.9 Å². The van der Waals surface area contributed by atoms with Crippen molar-refractivity contribution < 1.29 is 0 Å². The number of aryl methyl sites for hydroxylation is 1. The van der Waals surface area contributed by atoms with Gasteiger partial charge in [-0.1, -0.05) is 36.7 Å². The highest BCUT2D eigenvalue weighted by molar-refractivity contribution is 7.10. The maximum atomic E-state index is 6.40. The maximum Gasteiger partial charge on any atom is 0.0596 e. The third-order valence-electron chi connectivity index (χ3n) is 3.90.